The molecule has 0 aromatic heterocycles. The van der Waals surface area contributed by atoms with Gasteiger partial charge in [0.2, 0.25) is 0 Å². The van der Waals surface area contributed by atoms with Gasteiger partial charge in [0.15, 0.2) is 0 Å². The van der Waals surface area contributed by atoms with E-state index in [9.17, 15) is 0 Å². The van der Waals surface area contributed by atoms with E-state index in [2.05, 4.69) is 13.8 Å². The molecule has 0 aliphatic heterocycles. The van der Waals surface area contributed by atoms with Gasteiger partial charge in [-0.15, -0.1) is 10.2 Å². The second kappa shape index (κ2) is 22.0. The third-order valence-corrected chi connectivity index (χ3v) is 3.35. The van der Waals surface area contributed by atoms with Crippen LogP contribution in [-0.2, 0) is 26.2 Å². The van der Waals surface area contributed by atoms with Gasteiger partial charge in [0.1, 0.15) is 0 Å². The van der Waals surface area contributed by atoms with E-state index >= 15 is 0 Å². The topological polar surface area (TPSA) is 92.2 Å². The van der Waals surface area contributed by atoms with Crippen LogP contribution in [0, 0.1) is 17.2 Å². The van der Waals surface area contributed by atoms with E-state index in [1.165, 1.54) is 83.5 Å². The Labute approximate surface area is 158 Å². The average molecular weight is 416 g/mol. The minimum Gasteiger partial charge on any atom is -0.343 e. The molecular weight excluding hydrogens is 383 g/mol. The van der Waals surface area contributed by atoms with Crippen molar-refractivity contribution in [2.75, 3.05) is 0 Å². The van der Waals surface area contributed by atoms with Gasteiger partial charge in [-0.1, -0.05) is 90.4 Å². The van der Waals surface area contributed by atoms with Gasteiger partial charge < -0.3 is 6.92 Å². The fourth-order valence-electron chi connectivity index (χ4n) is 2.19. The van der Waals surface area contributed by atoms with Gasteiger partial charge >= 0.3 is 26.2 Å². The van der Waals surface area contributed by atoms with Crippen LogP contribution in [0.3, 0.4) is 0 Å². The van der Waals surface area contributed by atoms with E-state index in [1.54, 1.807) is 0 Å². The van der Waals surface area contributed by atoms with Crippen LogP contribution >= 0.6 is 0 Å². The van der Waals surface area contributed by atoms with E-state index in [0.717, 1.165) is 6.42 Å². The van der Waals surface area contributed by atoms with Crippen LogP contribution in [0.15, 0.2) is 0 Å². The first kappa shape index (κ1) is 27.8. The monoisotopic (exact) mass is 414 g/mol. The maximum atomic E-state index is 8.49. The zero-order valence-corrected chi connectivity index (χ0v) is 17.3. The molecular formula is C16H33ClO4Zr. The molecule has 0 aromatic carbocycles. The molecule has 2 aliphatic carbocycles. The van der Waals surface area contributed by atoms with Gasteiger partial charge in [-0.3, -0.25) is 0 Å². The second-order valence-electron chi connectivity index (χ2n) is 5.47. The molecule has 22 heavy (non-hydrogen) atoms. The SMILES string of the molecule is C1CCCC1.C1CCCC1.[CH2-]CCCCC.[O-][Cl+3]([O-])([O-])[O-].[Zr+2]. The first-order valence-electron chi connectivity index (χ1n) is 8.32. The van der Waals surface area contributed by atoms with Crippen molar-refractivity contribution in [2.24, 2.45) is 0 Å². The van der Waals surface area contributed by atoms with Crippen molar-refractivity contribution in [2.45, 2.75) is 96.8 Å². The molecule has 4 nitrogen and oxygen atoms in total. The molecule has 2 fully saturated rings. The smallest absolute Gasteiger partial charge is 0.343 e. The Morgan fingerprint density at radius 2 is 0.909 bits per heavy atom. The van der Waals surface area contributed by atoms with Gasteiger partial charge in [-0.2, -0.15) is 6.42 Å². The summed E-state index contributed by atoms with van der Waals surface area (Å²) in [7, 11) is -4.94. The molecule has 2 aliphatic rings. The molecule has 0 saturated heterocycles. The Balaban J connectivity index is -0.000000216. The molecule has 0 N–H and O–H groups in total. The molecule has 6 heteroatoms. The van der Waals surface area contributed by atoms with Crippen LogP contribution in [0.2, 0.25) is 0 Å². The minimum atomic E-state index is -4.94. The molecule has 0 atom stereocenters. The number of unbranched alkanes of at least 4 members (excludes halogenated alkanes) is 3. The summed E-state index contributed by atoms with van der Waals surface area (Å²) in [5, 5.41) is 0. The zero-order chi connectivity index (χ0) is 16.4. The molecule has 0 radical (unpaired) electrons. The maximum absolute atomic E-state index is 8.49. The maximum Gasteiger partial charge on any atom is 2.00 e. The Bertz CT molecular complexity index is 146. The minimum absolute atomic E-state index is 0. The Kier molecular flexibility index (Phi) is 27.9. The summed E-state index contributed by atoms with van der Waals surface area (Å²) in [4.78, 5) is 0. The summed E-state index contributed by atoms with van der Waals surface area (Å²) in [5.41, 5.74) is 0. The molecule has 0 heterocycles. The standard InChI is InChI=1S/C6H13.2C5H10.ClHO4.Zr/c1-3-5-6-4-2;2*1-2-4-5-3-1;2-1(3,4)5;/h1,3-6H2,2H3;2*1-5H2;(H,2,3,4,5);/q-1;;;;+2/p-1. The quantitative estimate of drug-likeness (QED) is 0.516. The van der Waals surface area contributed by atoms with E-state index in [0.29, 0.717) is 0 Å². The molecule has 2 rings (SSSR count). The number of halogens is 1. The molecule has 2 saturated carbocycles. The summed E-state index contributed by atoms with van der Waals surface area (Å²) < 4.78 is 34.0. The summed E-state index contributed by atoms with van der Waals surface area (Å²) in [6.07, 6.45) is 20.1. The van der Waals surface area contributed by atoms with Crippen LogP contribution < -0.4 is 18.6 Å². The predicted octanol–water partition coefficient (Wildman–Crippen LogP) is 1.54. The molecule has 0 spiro atoms. The first-order chi connectivity index (χ1) is 9.91. The Morgan fingerprint density at radius 1 is 0.682 bits per heavy atom. The fraction of sp³-hybridized carbons (Fsp3) is 0.938. The molecule has 0 bridgehead atoms. The van der Waals surface area contributed by atoms with Crippen LogP contribution in [0.5, 0.6) is 0 Å². The van der Waals surface area contributed by atoms with Crippen LogP contribution in [0.4, 0.5) is 0 Å². The van der Waals surface area contributed by atoms with E-state index in [4.69, 9.17) is 18.6 Å². The van der Waals surface area contributed by atoms with E-state index < -0.39 is 10.2 Å². The van der Waals surface area contributed by atoms with Gasteiger partial charge in [0.05, 0.1) is 0 Å². The average Bonchev–Trinajstić information content (AvgIpc) is 3.09. The molecule has 0 aromatic rings. The second-order valence-corrected chi connectivity index (χ2v) is 6.23. The van der Waals surface area contributed by atoms with E-state index in [1.807, 2.05) is 0 Å². The summed E-state index contributed by atoms with van der Waals surface area (Å²) >= 11 is 0. The van der Waals surface area contributed by atoms with Gasteiger partial charge in [-0.05, 0) is 0 Å². The predicted molar refractivity (Wildman–Crippen MR) is 75.7 cm³/mol. The van der Waals surface area contributed by atoms with Crippen molar-refractivity contribution in [3.8, 4) is 0 Å². The van der Waals surface area contributed by atoms with Crippen molar-refractivity contribution < 1.29 is 55.1 Å². The van der Waals surface area contributed by atoms with Crippen molar-refractivity contribution in [3.63, 3.8) is 0 Å². The van der Waals surface area contributed by atoms with Gasteiger partial charge in [0, 0.05) is 0 Å². The molecule has 0 unspecified atom stereocenters. The van der Waals surface area contributed by atoms with Crippen molar-refractivity contribution in [1.29, 1.82) is 0 Å². The van der Waals surface area contributed by atoms with Gasteiger partial charge in [0.25, 0.3) is 0 Å². The Morgan fingerprint density at radius 3 is 1.00 bits per heavy atom. The van der Waals surface area contributed by atoms with Crippen LogP contribution in [0.25, 0.3) is 0 Å². The largest absolute Gasteiger partial charge is 2.00 e. The number of rotatable bonds is 3. The third kappa shape index (κ3) is 42.9. The molecule has 0 amide bonds. The number of hydrogen-bond donors (Lipinski definition) is 0. The number of hydrogen-bond acceptors (Lipinski definition) is 4. The fourth-order valence-corrected chi connectivity index (χ4v) is 2.19. The van der Waals surface area contributed by atoms with Crippen molar-refractivity contribution in [1.82, 2.24) is 0 Å². The van der Waals surface area contributed by atoms with Gasteiger partial charge in [-0.25, -0.2) is 18.6 Å². The normalized spacial score (nSPS) is 16.1. The van der Waals surface area contributed by atoms with Crippen molar-refractivity contribution in [3.05, 3.63) is 6.92 Å². The third-order valence-electron chi connectivity index (χ3n) is 3.35. The van der Waals surface area contributed by atoms with E-state index in [-0.39, 0.29) is 26.2 Å². The first-order valence-corrected chi connectivity index (χ1v) is 9.56. The van der Waals surface area contributed by atoms with Crippen LogP contribution in [-0.4, -0.2) is 0 Å². The summed E-state index contributed by atoms with van der Waals surface area (Å²) in [6.45, 7) is 5.93. The summed E-state index contributed by atoms with van der Waals surface area (Å²) in [5.74, 6) is 0. The Hall–Kier alpha value is 1.01. The summed E-state index contributed by atoms with van der Waals surface area (Å²) in [6, 6.07) is 0. The zero-order valence-electron chi connectivity index (χ0n) is 14.1. The van der Waals surface area contributed by atoms with Crippen LogP contribution in [0.1, 0.15) is 96.8 Å². The van der Waals surface area contributed by atoms with Crippen molar-refractivity contribution >= 4 is 0 Å². The molecule has 132 valence electrons.